The van der Waals surface area contributed by atoms with Gasteiger partial charge >= 0.3 is 5.97 Å². The summed E-state index contributed by atoms with van der Waals surface area (Å²) in [6, 6.07) is -3.02. The molecule has 8 unspecified atom stereocenters. The number of carbonyl (C=O) groups is 8. The van der Waals surface area contributed by atoms with Crippen molar-refractivity contribution in [2.24, 2.45) is 17.4 Å². The SMILES string of the molecule is CC(C)=CC(NC(=O)C(CCC(=O)O)NC(=O)C(NC(=O)C(NC(=O)C(Cc1ccc(O)cc1)N1CCC(N)C1=O)C(C)O)C(C)C)C(=O)NC(C)C(N)=O. The van der Waals surface area contributed by atoms with Gasteiger partial charge in [-0.15, -0.1) is 0 Å². The lowest BCUT2D eigenvalue weighted by molar-refractivity contribution is -0.141. The van der Waals surface area contributed by atoms with Crippen molar-refractivity contribution >= 4 is 47.3 Å². The molecule has 1 aromatic carbocycles. The molecule has 12 N–H and O–H groups in total. The normalized spacial score (nSPS) is 17.7. The zero-order valence-corrected chi connectivity index (χ0v) is 31.8. The summed E-state index contributed by atoms with van der Waals surface area (Å²) in [5.41, 5.74) is 12.3. The van der Waals surface area contributed by atoms with Crippen LogP contribution in [0.4, 0.5) is 0 Å². The molecule has 1 saturated heterocycles. The lowest BCUT2D eigenvalue weighted by Crippen LogP contribution is -2.62. The number of aromatic hydroxyl groups is 1. The molecule has 1 heterocycles. The minimum atomic E-state index is -1.63. The van der Waals surface area contributed by atoms with Gasteiger partial charge in [-0.3, -0.25) is 38.4 Å². The molecule has 1 aromatic rings. The lowest BCUT2D eigenvalue weighted by atomic mass is 10.00. The molecule has 7 amide bonds. The van der Waals surface area contributed by atoms with E-state index in [0.29, 0.717) is 11.1 Å². The Labute approximate surface area is 319 Å². The van der Waals surface area contributed by atoms with Crippen LogP contribution in [0.25, 0.3) is 0 Å². The van der Waals surface area contributed by atoms with Crippen molar-refractivity contribution in [1.82, 2.24) is 31.5 Å². The first-order chi connectivity index (χ1) is 25.6. The van der Waals surface area contributed by atoms with Crippen LogP contribution >= 0.6 is 0 Å². The van der Waals surface area contributed by atoms with E-state index in [1.807, 2.05) is 0 Å². The fourth-order valence-electron chi connectivity index (χ4n) is 5.61. The number of amides is 7. The van der Waals surface area contributed by atoms with Gasteiger partial charge in [0, 0.05) is 19.4 Å². The highest BCUT2D eigenvalue weighted by atomic mass is 16.4. The Morgan fingerprint density at radius 3 is 1.93 bits per heavy atom. The van der Waals surface area contributed by atoms with E-state index in [-0.39, 0.29) is 25.1 Å². The predicted molar refractivity (Wildman–Crippen MR) is 197 cm³/mol. The van der Waals surface area contributed by atoms with E-state index in [0.717, 1.165) is 0 Å². The first kappa shape index (κ1) is 45.6. The summed E-state index contributed by atoms with van der Waals surface area (Å²) in [6.45, 7) is 9.14. The Morgan fingerprint density at radius 1 is 0.855 bits per heavy atom. The smallest absolute Gasteiger partial charge is 0.303 e. The fourth-order valence-corrected chi connectivity index (χ4v) is 5.61. The van der Waals surface area contributed by atoms with Gasteiger partial charge < -0.3 is 58.3 Å². The van der Waals surface area contributed by atoms with Crippen LogP contribution in [0.3, 0.4) is 0 Å². The average Bonchev–Trinajstić information content (AvgIpc) is 3.42. The van der Waals surface area contributed by atoms with Gasteiger partial charge in [-0.2, -0.15) is 0 Å². The molecule has 0 saturated carbocycles. The van der Waals surface area contributed by atoms with E-state index in [2.05, 4.69) is 26.6 Å². The number of benzene rings is 1. The Hall–Kier alpha value is -5.56. The number of hydrogen-bond acceptors (Lipinski definition) is 11. The summed E-state index contributed by atoms with van der Waals surface area (Å²) in [5.74, 6) is -7.72. The number of nitrogens with zero attached hydrogens (tertiary/aromatic N) is 1. The molecule has 304 valence electrons. The highest BCUT2D eigenvalue weighted by molar-refractivity contribution is 5.98. The number of hydrogen-bond donors (Lipinski definition) is 10. The summed E-state index contributed by atoms with van der Waals surface area (Å²) in [4.78, 5) is 105. The van der Waals surface area contributed by atoms with Crippen molar-refractivity contribution in [2.45, 2.75) is 116 Å². The van der Waals surface area contributed by atoms with Crippen LogP contribution in [0, 0.1) is 5.92 Å². The van der Waals surface area contributed by atoms with Crippen LogP contribution in [0.2, 0.25) is 0 Å². The van der Waals surface area contributed by atoms with Gasteiger partial charge in [-0.25, -0.2) is 0 Å². The van der Waals surface area contributed by atoms with Gasteiger partial charge in [-0.05, 0) is 64.2 Å². The van der Waals surface area contributed by atoms with Crippen molar-refractivity contribution in [3.63, 3.8) is 0 Å². The maximum Gasteiger partial charge on any atom is 0.303 e. The summed E-state index contributed by atoms with van der Waals surface area (Å²) < 4.78 is 0. The molecule has 2 rings (SSSR count). The zero-order valence-electron chi connectivity index (χ0n) is 31.8. The van der Waals surface area contributed by atoms with Crippen LogP contribution in [0.5, 0.6) is 5.75 Å². The Bertz CT molecular complexity index is 1610. The first-order valence-corrected chi connectivity index (χ1v) is 17.8. The minimum absolute atomic E-state index is 0.0144. The van der Waals surface area contributed by atoms with Gasteiger partial charge in [0.05, 0.1) is 12.1 Å². The Balaban J connectivity index is 2.31. The van der Waals surface area contributed by atoms with Crippen molar-refractivity contribution in [3.05, 3.63) is 41.5 Å². The summed E-state index contributed by atoms with van der Waals surface area (Å²) in [7, 11) is 0. The number of nitrogens with one attached hydrogen (secondary N) is 5. The molecule has 19 heteroatoms. The number of allylic oxidation sites excluding steroid dienone is 1. The molecule has 0 radical (unpaired) electrons. The second-order valence-electron chi connectivity index (χ2n) is 14.1. The number of carboxylic acid groups (broad SMARTS) is 1. The largest absolute Gasteiger partial charge is 0.508 e. The third-order valence-corrected chi connectivity index (χ3v) is 8.78. The maximum atomic E-state index is 13.8. The quantitative estimate of drug-likeness (QED) is 0.0624. The maximum absolute atomic E-state index is 13.8. The number of rotatable bonds is 20. The molecular weight excluding hydrogens is 720 g/mol. The van der Waals surface area contributed by atoms with Crippen LogP contribution in [0.1, 0.15) is 66.4 Å². The topological polar surface area (TPSA) is 313 Å². The van der Waals surface area contributed by atoms with E-state index in [1.54, 1.807) is 39.8 Å². The lowest BCUT2D eigenvalue weighted by Gasteiger charge is -2.31. The number of phenols is 1. The van der Waals surface area contributed by atoms with Crippen LogP contribution in [-0.2, 0) is 44.8 Å². The molecule has 0 bridgehead atoms. The van der Waals surface area contributed by atoms with Gasteiger partial charge in [0.2, 0.25) is 41.4 Å². The second kappa shape index (κ2) is 20.8. The molecule has 0 aliphatic carbocycles. The van der Waals surface area contributed by atoms with Crippen LogP contribution < -0.4 is 38.1 Å². The standard InChI is InChI=1S/C36H54N8O11/c1-17(2)15-25(32(51)39-19(5)30(38)49)41-31(50)24(11-12-27(47)48)40-34(53)28(18(3)4)42-35(54)29(20(6)45)43-33(52)26(44-14-13-23(37)36(44)55)16-21-7-9-22(46)10-8-21/h7-10,15,18-20,23-26,28-29,45-46H,11-14,16,37H2,1-6H3,(H2,38,49)(H,39,51)(H,40,53)(H,41,50)(H,42,54)(H,43,52)(H,47,48). The Morgan fingerprint density at radius 2 is 1.44 bits per heavy atom. The number of carbonyl (C=O) groups excluding carboxylic acids is 7. The van der Waals surface area contributed by atoms with Gasteiger partial charge in [-0.1, -0.05) is 37.6 Å². The van der Waals surface area contributed by atoms with Gasteiger partial charge in [0.25, 0.3) is 0 Å². The van der Waals surface area contributed by atoms with E-state index in [9.17, 15) is 53.7 Å². The minimum Gasteiger partial charge on any atom is -0.508 e. The molecule has 8 atom stereocenters. The fraction of sp³-hybridized carbons (Fsp3) is 0.556. The van der Waals surface area contributed by atoms with E-state index in [1.165, 1.54) is 37.0 Å². The number of likely N-dealkylation sites (tertiary alicyclic amines) is 1. The van der Waals surface area contributed by atoms with E-state index in [4.69, 9.17) is 11.5 Å². The highest BCUT2D eigenvalue weighted by Crippen LogP contribution is 2.19. The molecular formula is C36H54N8O11. The summed E-state index contributed by atoms with van der Waals surface area (Å²) >= 11 is 0. The third kappa shape index (κ3) is 14.0. The van der Waals surface area contributed by atoms with Crippen molar-refractivity contribution < 1.29 is 53.7 Å². The number of aliphatic hydroxyl groups excluding tert-OH is 1. The van der Waals surface area contributed by atoms with Gasteiger partial charge in [0.15, 0.2) is 0 Å². The predicted octanol–water partition coefficient (Wildman–Crippen LogP) is -2.34. The third-order valence-electron chi connectivity index (χ3n) is 8.78. The molecule has 55 heavy (non-hydrogen) atoms. The first-order valence-electron chi connectivity index (χ1n) is 17.8. The number of aliphatic hydroxyl groups is 1. The number of carboxylic acids is 1. The summed E-state index contributed by atoms with van der Waals surface area (Å²) in [6.07, 6.45) is -0.846. The number of aliphatic carboxylic acids is 1. The molecule has 1 aliphatic heterocycles. The van der Waals surface area contributed by atoms with Crippen LogP contribution in [0.15, 0.2) is 35.9 Å². The molecule has 1 fully saturated rings. The monoisotopic (exact) mass is 774 g/mol. The van der Waals surface area contributed by atoms with Crippen molar-refractivity contribution in [3.8, 4) is 5.75 Å². The van der Waals surface area contributed by atoms with E-state index < -0.39 is 114 Å². The van der Waals surface area contributed by atoms with Crippen molar-refractivity contribution in [1.29, 1.82) is 0 Å². The highest BCUT2D eigenvalue weighted by Gasteiger charge is 2.40. The van der Waals surface area contributed by atoms with Crippen LogP contribution in [-0.4, -0.2) is 122 Å². The molecule has 19 nitrogen and oxygen atoms in total. The molecule has 0 spiro atoms. The summed E-state index contributed by atoms with van der Waals surface area (Å²) in [5, 5.41) is 41.9. The number of primary amides is 1. The molecule has 0 aromatic heterocycles. The number of phenolic OH excluding ortho intramolecular Hbond substituents is 1. The zero-order chi connectivity index (χ0) is 41.7. The van der Waals surface area contributed by atoms with E-state index >= 15 is 0 Å². The second-order valence-corrected chi connectivity index (χ2v) is 14.1. The average molecular weight is 775 g/mol. The number of nitrogens with two attached hydrogens (primary N) is 2. The van der Waals surface area contributed by atoms with Gasteiger partial charge in [0.1, 0.15) is 42.0 Å². The van der Waals surface area contributed by atoms with Crippen molar-refractivity contribution in [2.75, 3.05) is 6.54 Å². The Kier molecular flexibility index (Phi) is 17.2. The molecule has 1 aliphatic rings.